The lowest BCUT2D eigenvalue weighted by Crippen LogP contribution is -1.70. The second-order valence-electron chi connectivity index (χ2n) is 0.367. The lowest BCUT2D eigenvalue weighted by atomic mass is 11.6. The highest BCUT2D eigenvalue weighted by Crippen LogP contribution is 1.67. The first kappa shape index (κ1) is 4.40. The number of rotatable bonds is 2. The highest BCUT2D eigenvalue weighted by atomic mass is 19.1. The van der Waals surface area contributed by atoms with Crippen molar-refractivity contribution in [1.82, 2.24) is 0 Å². The molecule has 5 heavy (non-hydrogen) atoms. The first-order chi connectivity index (χ1) is 2.41. The van der Waals surface area contributed by atoms with Gasteiger partial charge in [-0.1, -0.05) is 5.16 Å². The molecule has 0 aromatic carbocycles. The van der Waals surface area contributed by atoms with Crippen molar-refractivity contribution in [3.05, 3.63) is 0 Å². The fraction of sp³-hybridized carbons (Fsp3) is 0.500. The number of halogens is 1. The largest absolute Gasteiger partial charge is 0.363 e. The topological polar surface area (TPSA) is 21.6 Å². The summed E-state index contributed by atoms with van der Waals surface area (Å²) in [6.07, 6.45) is 0. The minimum absolute atomic E-state index is 0.885. The van der Waals surface area contributed by atoms with E-state index in [4.69, 9.17) is 0 Å². The lowest BCUT2D eigenvalue weighted by molar-refractivity contribution is 0.0655. The maximum absolute atomic E-state index is 10.6. The number of nitrogens with zero attached hydrogens (tertiary/aromatic N) is 1. The normalized spacial score (nSPS) is 6.60. The van der Waals surface area contributed by atoms with E-state index in [-0.39, 0.29) is 0 Å². The Morgan fingerprint density at radius 2 is 2.60 bits per heavy atom. The van der Waals surface area contributed by atoms with Gasteiger partial charge in [0.25, 0.3) is 6.86 Å². The van der Waals surface area contributed by atoms with E-state index in [2.05, 4.69) is 16.7 Å². The number of hydrogen-bond acceptors (Lipinski definition) is 2. The maximum atomic E-state index is 10.6. The van der Waals surface area contributed by atoms with Crippen molar-refractivity contribution in [2.75, 3.05) is 6.86 Å². The van der Waals surface area contributed by atoms with Crippen LogP contribution in [0.2, 0.25) is 0 Å². The lowest BCUT2D eigenvalue weighted by Gasteiger charge is -1.78. The van der Waals surface area contributed by atoms with Gasteiger partial charge in [0.1, 0.15) is 0 Å². The minimum Gasteiger partial charge on any atom is -0.363 e. The molecule has 2 nitrogen and oxygen atoms in total. The van der Waals surface area contributed by atoms with Crippen LogP contribution in [0, 0.1) is 0 Å². The molecule has 0 bridgehead atoms. The molecule has 0 atom stereocenters. The zero-order chi connectivity index (χ0) is 4.12. The molecule has 0 rings (SSSR count). The summed E-state index contributed by atoms with van der Waals surface area (Å²) in [5, 5.41) is 2.73. The molecule has 0 saturated carbocycles. The number of alkyl halides is 1. The van der Waals surface area contributed by atoms with Gasteiger partial charge < -0.3 is 4.84 Å². The van der Waals surface area contributed by atoms with Gasteiger partial charge in [-0.2, -0.15) is 0 Å². The van der Waals surface area contributed by atoms with Crippen LogP contribution >= 0.6 is 0 Å². The first-order valence-electron chi connectivity index (χ1n) is 1.05. The fourth-order valence-corrected chi connectivity index (χ4v) is 0.0345. The summed E-state index contributed by atoms with van der Waals surface area (Å²) < 4.78 is 10.6. The molecule has 0 N–H and O–H groups in total. The minimum atomic E-state index is -0.885. The van der Waals surface area contributed by atoms with Crippen molar-refractivity contribution in [3.8, 4) is 0 Å². The van der Waals surface area contributed by atoms with E-state index >= 15 is 0 Å². The molecule has 3 heteroatoms. The molecule has 30 valence electrons. The van der Waals surface area contributed by atoms with Crippen LogP contribution in [0.4, 0.5) is 4.39 Å². The van der Waals surface area contributed by atoms with E-state index in [0.29, 0.717) is 0 Å². The monoisotopic (exact) mass is 77.0 g/mol. The van der Waals surface area contributed by atoms with Crippen LogP contribution in [-0.4, -0.2) is 13.6 Å². The van der Waals surface area contributed by atoms with Crippen molar-refractivity contribution >= 4 is 6.72 Å². The number of oxime groups is 1. The van der Waals surface area contributed by atoms with Crippen molar-refractivity contribution in [2.24, 2.45) is 5.16 Å². The summed E-state index contributed by atoms with van der Waals surface area (Å²) in [5.41, 5.74) is 0. The Morgan fingerprint density at radius 3 is 2.60 bits per heavy atom. The smallest absolute Gasteiger partial charge is 0.255 e. The third-order valence-corrected chi connectivity index (χ3v) is 0.140. The molecule has 0 aromatic rings. The van der Waals surface area contributed by atoms with Crippen LogP contribution in [0.25, 0.3) is 0 Å². The second kappa shape index (κ2) is 3.40. The highest BCUT2D eigenvalue weighted by molar-refractivity contribution is 5.21. The van der Waals surface area contributed by atoms with E-state index in [1.807, 2.05) is 0 Å². The third-order valence-electron chi connectivity index (χ3n) is 0.140. The molecule has 0 heterocycles. The SMILES string of the molecule is C=NOCF. The van der Waals surface area contributed by atoms with Gasteiger partial charge in [-0.15, -0.1) is 0 Å². The van der Waals surface area contributed by atoms with E-state index in [9.17, 15) is 4.39 Å². The molecule has 0 unspecified atom stereocenters. The van der Waals surface area contributed by atoms with Crippen LogP contribution < -0.4 is 0 Å². The Bertz CT molecular complexity index is 30.8. The summed E-state index contributed by atoms with van der Waals surface area (Å²) >= 11 is 0. The number of hydrogen-bond donors (Lipinski definition) is 0. The zero-order valence-electron chi connectivity index (χ0n) is 2.65. The Balaban J connectivity index is 2.40. The van der Waals surface area contributed by atoms with Gasteiger partial charge in [-0.05, 0) is 0 Å². The maximum Gasteiger partial charge on any atom is 0.255 e. The first-order valence-corrected chi connectivity index (χ1v) is 1.05. The molecule has 0 radical (unpaired) electrons. The van der Waals surface area contributed by atoms with E-state index in [1.54, 1.807) is 0 Å². The molecule has 0 aliphatic carbocycles. The van der Waals surface area contributed by atoms with Gasteiger partial charge in [-0.25, -0.2) is 4.39 Å². The van der Waals surface area contributed by atoms with Gasteiger partial charge in [0, 0.05) is 6.72 Å². The average molecular weight is 77.1 g/mol. The van der Waals surface area contributed by atoms with Gasteiger partial charge in [0.15, 0.2) is 0 Å². The van der Waals surface area contributed by atoms with Crippen LogP contribution in [0.1, 0.15) is 0 Å². The summed E-state index contributed by atoms with van der Waals surface area (Å²) in [5.74, 6) is 0. The second-order valence-corrected chi connectivity index (χ2v) is 0.367. The molecule has 0 aliphatic heterocycles. The zero-order valence-corrected chi connectivity index (χ0v) is 2.65. The third kappa shape index (κ3) is 3.40. The Labute approximate surface area is 29.2 Å². The van der Waals surface area contributed by atoms with E-state index < -0.39 is 6.86 Å². The Morgan fingerprint density at radius 1 is 2.00 bits per heavy atom. The molecule has 0 amide bonds. The Hall–Kier alpha value is -0.600. The molecule has 0 aromatic heterocycles. The van der Waals surface area contributed by atoms with E-state index in [0.717, 1.165) is 0 Å². The molecule has 0 aliphatic rings. The molecule has 0 fully saturated rings. The molecular weight excluding hydrogens is 73.0 g/mol. The van der Waals surface area contributed by atoms with Gasteiger partial charge in [0.2, 0.25) is 0 Å². The fourth-order valence-electron chi connectivity index (χ4n) is 0.0345. The van der Waals surface area contributed by atoms with Gasteiger partial charge >= 0.3 is 0 Å². The summed E-state index contributed by atoms with van der Waals surface area (Å²) in [7, 11) is 0. The van der Waals surface area contributed by atoms with Crippen molar-refractivity contribution in [1.29, 1.82) is 0 Å². The predicted molar refractivity (Wildman–Crippen MR) is 16.6 cm³/mol. The quantitative estimate of drug-likeness (QED) is 0.348. The summed E-state index contributed by atoms with van der Waals surface area (Å²) in [6.45, 7) is 1.95. The molecule has 0 spiro atoms. The molecule has 0 saturated heterocycles. The summed E-state index contributed by atoms with van der Waals surface area (Å²) in [6, 6.07) is 0. The van der Waals surface area contributed by atoms with Crippen molar-refractivity contribution < 1.29 is 9.23 Å². The highest BCUT2D eigenvalue weighted by Gasteiger charge is 1.61. The van der Waals surface area contributed by atoms with E-state index in [1.165, 1.54) is 0 Å². The standard InChI is InChI=1S/C2H4FNO/c1-4-5-2-3/h1-2H2. The van der Waals surface area contributed by atoms with Crippen LogP contribution in [0.5, 0.6) is 0 Å². The van der Waals surface area contributed by atoms with Gasteiger partial charge in [0.05, 0.1) is 0 Å². The summed E-state index contributed by atoms with van der Waals surface area (Å²) in [4.78, 5) is 3.68. The van der Waals surface area contributed by atoms with Crippen molar-refractivity contribution in [3.63, 3.8) is 0 Å². The van der Waals surface area contributed by atoms with Crippen LogP contribution in [0.15, 0.2) is 5.16 Å². The van der Waals surface area contributed by atoms with Gasteiger partial charge in [-0.3, -0.25) is 0 Å². The Kier molecular flexibility index (Phi) is 2.99. The van der Waals surface area contributed by atoms with Crippen LogP contribution in [-0.2, 0) is 4.84 Å². The predicted octanol–water partition coefficient (Wildman–Crippen LogP) is 0.546. The van der Waals surface area contributed by atoms with Crippen molar-refractivity contribution in [2.45, 2.75) is 0 Å². The van der Waals surface area contributed by atoms with Crippen LogP contribution in [0.3, 0.4) is 0 Å². The molecular formula is C2H4FNO. The average Bonchev–Trinajstić information content (AvgIpc) is 1.41.